The van der Waals surface area contributed by atoms with Gasteiger partial charge in [0.25, 0.3) is 0 Å². The average Bonchev–Trinajstić information content (AvgIpc) is 2.72. The molecule has 2 aromatic rings. The van der Waals surface area contributed by atoms with Crippen LogP contribution in [0, 0.1) is 5.92 Å². The number of carbonyl (C=O) groups is 1. The largest absolute Gasteiger partial charge is 0.493 e. The lowest BCUT2D eigenvalue weighted by atomic mass is 10.2. The number of halogens is 1. The van der Waals surface area contributed by atoms with Crippen LogP contribution in [0.4, 0.5) is 5.69 Å². The predicted octanol–water partition coefficient (Wildman–Crippen LogP) is 3.70. The number of benzene rings is 2. The molecule has 0 unspecified atom stereocenters. The van der Waals surface area contributed by atoms with Crippen molar-refractivity contribution in [1.82, 2.24) is 4.72 Å². The van der Waals surface area contributed by atoms with E-state index in [1.807, 2.05) is 13.8 Å². The zero-order valence-electron chi connectivity index (χ0n) is 17.9. The lowest BCUT2D eigenvalue weighted by Crippen LogP contribution is -2.27. The Morgan fingerprint density at radius 2 is 1.71 bits per heavy atom. The molecule has 2 N–H and O–H groups in total. The quantitative estimate of drug-likeness (QED) is 0.519. The van der Waals surface area contributed by atoms with E-state index in [2.05, 4.69) is 10.0 Å². The number of anilines is 1. The van der Waals surface area contributed by atoms with Gasteiger partial charge in [0.1, 0.15) is 5.75 Å². The molecule has 0 radical (unpaired) electrons. The first-order chi connectivity index (χ1) is 14.7. The Hall–Kier alpha value is -2.49. The van der Waals surface area contributed by atoms with Crippen LogP contribution >= 0.6 is 11.6 Å². The molecule has 1 amide bonds. The molecule has 2 rings (SSSR count). The van der Waals surface area contributed by atoms with Crippen molar-refractivity contribution in [2.75, 3.05) is 32.7 Å². The number of carbonyl (C=O) groups excluding carboxylic acids is 1. The number of ether oxygens (including phenoxy) is 3. The van der Waals surface area contributed by atoms with Gasteiger partial charge in [0.2, 0.25) is 15.9 Å². The first kappa shape index (κ1) is 24.8. The van der Waals surface area contributed by atoms with E-state index in [-0.39, 0.29) is 23.8 Å². The van der Waals surface area contributed by atoms with Crippen molar-refractivity contribution < 1.29 is 27.4 Å². The summed E-state index contributed by atoms with van der Waals surface area (Å²) in [5.74, 6) is 1.25. The summed E-state index contributed by atoms with van der Waals surface area (Å²) < 4.78 is 43.1. The first-order valence-electron chi connectivity index (χ1n) is 9.60. The van der Waals surface area contributed by atoms with Gasteiger partial charge in [-0.15, -0.1) is 0 Å². The fraction of sp³-hybridized carbons (Fsp3) is 0.381. The van der Waals surface area contributed by atoms with Crippen LogP contribution in [0.3, 0.4) is 0 Å². The van der Waals surface area contributed by atoms with Gasteiger partial charge in [-0.05, 0) is 36.2 Å². The van der Waals surface area contributed by atoms with E-state index in [0.717, 1.165) is 0 Å². The average molecular weight is 471 g/mol. The van der Waals surface area contributed by atoms with Crippen LogP contribution in [0.15, 0.2) is 41.3 Å². The zero-order valence-corrected chi connectivity index (χ0v) is 19.5. The fourth-order valence-corrected chi connectivity index (χ4v) is 3.82. The smallest absolute Gasteiger partial charge is 0.240 e. The fourth-order valence-electron chi connectivity index (χ4n) is 2.54. The van der Waals surface area contributed by atoms with Crippen molar-refractivity contribution >= 4 is 33.2 Å². The van der Waals surface area contributed by atoms with Crippen LogP contribution in [-0.4, -0.2) is 41.7 Å². The zero-order chi connectivity index (χ0) is 23.0. The van der Waals surface area contributed by atoms with Gasteiger partial charge in [0.15, 0.2) is 11.5 Å². The van der Waals surface area contributed by atoms with Crippen molar-refractivity contribution in [3.8, 4) is 17.2 Å². The summed E-state index contributed by atoms with van der Waals surface area (Å²) in [4.78, 5) is 12.2. The van der Waals surface area contributed by atoms with Gasteiger partial charge in [-0.1, -0.05) is 25.4 Å². The molecule has 0 aliphatic carbocycles. The lowest BCUT2D eigenvalue weighted by Gasteiger charge is -2.12. The summed E-state index contributed by atoms with van der Waals surface area (Å²) in [6.45, 7) is 4.52. The third kappa shape index (κ3) is 7.30. The molecule has 170 valence electrons. The van der Waals surface area contributed by atoms with Gasteiger partial charge in [-0.2, -0.15) is 0 Å². The first-order valence-corrected chi connectivity index (χ1v) is 11.5. The maximum absolute atomic E-state index is 12.5. The van der Waals surface area contributed by atoms with E-state index >= 15 is 0 Å². The van der Waals surface area contributed by atoms with Gasteiger partial charge in [0.05, 0.1) is 30.7 Å². The van der Waals surface area contributed by atoms with Crippen molar-refractivity contribution in [3.63, 3.8) is 0 Å². The molecule has 10 heteroatoms. The Kier molecular flexibility index (Phi) is 8.97. The van der Waals surface area contributed by atoms with E-state index in [4.69, 9.17) is 25.8 Å². The molecule has 0 saturated heterocycles. The highest BCUT2D eigenvalue weighted by molar-refractivity contribution is 7.89. The van der Waals surface area contributed by atoms with Gasteiger partial charge in [0, 0.05) is 24.7 Å². The van der Waals surface area contributed by atoms with Gasteiger partial charge < -0.3 is 19.5 Å². The second-order valence-corrected chi connectivity index (χ2v) is 9.24. The van der Waals surface area contributed by atoms with E-state index in [1.54, 1.807) is 18.2 Å². The Morgan fingerprint density at radius 3 is 2.32 bits per heavy atom. The van der Waals surface area contributed by atoms with E-state index in [1.165, 1.54) is 32.4 Å². The summed E-state index contributed by atoms with van der Waals surface area (Å²) in [7, 11) is -0.937. The molecule has 8 nitrogen and oxygen atoms in total. The highest BCUT2D eigenvalue weighted by Crippen LogP contribution is 2.29. The Balaban J connectivity index is 1.91. The Labute approximate surface area is 187 Å². The SMILES string of the molecule is COc1ccc(S(=O)(=O)NCCC(=O)Nc2ccc(OCC(C)C)c(Cl)c2)cc1OC. The van der Waals surface area contributed by atoms with Crippen LogP contribution in [0.1, 0.15) is 20.3 Å². The number of sulfonamides is 1. The van der Waals surface area contributed by atoms with Gasteiger partial charge in [-0.25, -0.2) is 13.1 Å². The minimum absolute atomic E-state index is 0.00864. The Morgan fingerprint density at radius 1 is 1.03 bits per heavy atom. The van der Waals surface area contributed by atoms with E-state index in [0.29, 0.717) is 40.5 Å². The van der Waals surface area contributed by atoms with Crippen LogP contribution < -0.4 is 24.2 Å². The summed E-state index contributed by atoms with van der Waals surface area (Å²) in [6, 6.07) is 9.19. The summed E-state index contributed by atoms with van der Waals surface area (Å²) >= 11 is 6.19. The van der Waals surface area contributed by atoms with E-state index < -0.39 is 10.0 Å². The van der Waals surface area contributed by atoms with Crippen LogP contribution in [-0.2, 0) is 14.8 Å². The lowest BCUT2D eigenvalue weighted by molar-refractivity contribution is -0.116. The predicted molar refractivity (Wildman–Crippen MR) is 120 cm³/mol. The van der Waals surface area contributed by atoms with Crippen molar-refractivity contribution in [3.05, 3.63) is 41.4 Å². The molecule has 2 aromatic carbocycles. The van der Waals surface area contributed by atoms with Crippen LogP contribution in [0.2, 0.25) is 5.02 Å². The van der Waals surface area contributed by atoms with Crippen LogP contribution in [0.5, 0.6) is 17.2 Å². The third-order valence-corrected chi connectivity index (χ3v) is 5.85. The van der Waals surface area contributed by atoms with Crippen molar-refractivity contribution in [2.45, 2.75) is 25.2 Å². The number of nitrogens with one attached hydrogen (secondary N) is 2. The maximum atomic E-state index is 12.5. The molecule has 0 heterocycles. The number of hydrogen-bond acceptors (Lipinski definition) is 6. The molecular formula is C21H27ClN2O6S. The second-order valence-electron chi connectivity index (χ2n) is 7.06. The van der Waals surface area contributed by atoms with Gasteiger partial charge in [-0.3, -0.25) is 4.79 Å². The summed E-state index contributed by atoms with van der Waals surface area (Å²) in [5, 5.41) is 3.07. The molecule has 0 spiro atoms. The molecular weight excluding hydrogens is 444 g/mol. The second kappa shape index (κ2) is 11.2. The minimum Gasteiger partial charge on any atom is -0.493 e. The molecule has 0 fully saturated rings. The van der Waals surface area contributed by atoms with Crippen molar-refractivity contribution in [2.24, 2.45) is 5.92 Å². The third-order valence-electron chi connectivity index (χ3n) is 4.10. The monoisotopic (exact) mass is 470 g/mol. The highest BCUT2D eigenvalue weighted by atomic mass is 35.5. The normalized spacial score (nSPS) is 11.3. The number of amides is 1. The van der Waals surface area contributed by atoms with Gasteiger partial charge >= 0.3 is 0 Å². The molecule has 0 atom stereocenters. The topological polar surface area (TPSA) is 103 Å². The molecule has 0 aromatic heterocycles. The number of rotatable bonds is 11. The Bertz CT molecular complexity index is 1010. The number of hydrogen-bond donors (Lipinski definition) is 2. The molecule has 0 aliphatic rings. The summed E-state index contributed by atoms with van der Waals surface area (Å²) in [5.41, 5.74) is 0.495. The molecule has 0 bridgehead atoms. The number of methoxy groups -OCH3 is 2. The molecule has 0 saturated carbocycles. The molecule has 0 aliphatic heterocycles. The summed E-state index contributed by atoms with van der Waals surface area (Å²) in [6.07, 6.45) is -0.0598. The van der Waals surface area contributed by atoms with E-state index in [9.17, 15) is 13.2 Å². The minimum atomic E-state index is -3.82. The van der Waals surface area contributed by atoms with Crippen LogP contribution in [0.25, 0.3) is 0 Å². The maximum Gasteiger partial charge on any atom is 0.240 e. The highest BCUT2D eigenvalue weighted by Gasteiger charge is 2.17. The van der Waals surface area contributed by atoms with Crippen molar-refractivity contribution in [1.29, 1.82) is 0 Å². The molecule has 31 heavy (non-hydrogen) atoms. The standard InChI is InChI=1S/C21H27ClN2O6S/c1-14(2)13-30-18-7-5-15(11-17(18)22)24-21(25)9-10-23-31(26,27)16-6-8-19(28-3)20(12-16)29-4/h5-8,11-12,14,23H,9-10,13H2,1-4H3,(H,24,25).